The molecular weight excluding hydrogens is 250 g/mol. The van der Waals surface area contributed by atoms with Gasteiger partial charge in [-0.1, -0.05) is 25.3 Å². The lowest BCUT2D eigenvalue weighted by Crippen LogP contribution is -2.29. The van der Waals surface area contributed by atoms with Crippen LogP contribution in [0.1, 0.15) is 55.4 Å². The van der Waals surface area contributed by atoms with E-state index in [-0.39, 0.29) is 5.91 Å². The van der Waals surface area contributed by atoms with Crippen LogP contribution in [0.15, 0.2) is 29.5 Å². The Hall–Kier alpha value is -1.71. The highest BCUT2D eigenvalue weighted by molar-refractivity contribution is 5.94. The third-order valence-corrected chi connectivity index (χ3v) is 4.58. The number of pyridine rings is 1. The maximum absolute atomic E-state index is 11.9. The fraction of sp³-hybridized carbons (Fsp3) is 0.562. The molecule has 4 nitrogen and oxygen atoms in total. The molecule has 106 valence electrons. The Morgan fingerprint density at radius 3 is 2.85 bits per heavy atom. The van der Waals surface area contributed by atoms with Crippen molar-refractivity contribution in [3.8, 4) is 0 Å². The molecule has 0 saturated heterocycles. The number of carbonyl (C=O) groups is 1. The highest BCUT2D eigenvalue weighted by atomic mass is 16.2. The van der Waals surface area contributed by atoms with Gasteiger partial charge in [0.05, 0.1) is 0 Å². The molecule has 0 spiro atoms. The maximum Gasteiger partial charge on any atom is 0.289 e. The number of fused-ring (bicyclic) bond motifs is 1. The Labute approximate surface area is 119 Å². The van der Waals surface area contributed by atoms with Gasteiger partial charge in [0.1, 0.15) is 5.69 Å². The second kappa shape index (κ2) is 6.16. The largest absolute Gasteiger partial charge is 0.289 e. The van der Waals surface area contributed by atoms with Crippen molar-refractivity contribution in [2.45, 2.75) is 44.9 Å². The highest BCUT2D eigenvalue weighted by Gasteiger charge is 2.30. The summed E-state index contributed by atoms with van der Waals surface area (Å²) in [5, 5.41) is 4.33. The fourth-order valence-electron chi connectivity index (χ4n) is 3.48. The van der Waals surface area contributed by atoms with Crippen LogP contribution in [0.3, 0.4) is 0 Å². The van der Waals surface area contributed by atoms with Gasteiger partial charge in [0.2, 0.25) is 0 Å². The Kier molecular flexibility index (Phi) is 4.09. The molecule has 1 amide bonds. The van der Waals surface area contributed by atoms with Crippen LogP contribution >= 0.6 is 0 Å². The molecule has 0 radical (unpaired) electrons. The number of amides is 1. The number of hydrazone groups is 1. The van der Waals surface area contributed by atoms with Crippen molar-refractivity contribution < 1.29 is 4.79 Å². The standard InChI is InChI=1S/C16H21N3O/c20-16(15-7-3-4-10-17-15)19-18-14-9-8-12-5-1-2-6-13(12)11-14/h3-4,7,10,12-13H,1-2,5-6,8-9,11H2,(H,19,20)/b18-14-/t12-,13-/m0/s1. The van der Waals surface area contributed by atoms with Gasteiger partial charge >= 0.3 is 0 Å². The third-order valence-electron chi connectivity index (χ3n) is 4.58. The Morgan fingerprint density at radius 2 is 2.05 bits per heavy atom. The summed E-state index contributed by atoms with van der Waals surface area (Å²) in [7, 11) is 0. The predicted octanol–water partition coefficient (Wildman–Crippen LogP) is 3.16. The van der Waals surface area contributed by atoms with Gasteiger partial charge in [-0.2, -0.15) is 5.10 Å². The smallest absolute Gasteiger partial charge is 0.266 e. The van der Waals surface area contributed by atoms with E-state index in [2.05, 4.69) is 15.5 Å². The van der Waals surface area contributed by atoms with Crippen molar-refractivity contribution in [3.63, 3.8) is 0 Å². The van der Waals surface area contributed by atoms with E-state index in [4.69, 9.17) is 0 Å². The molecule has 0 aliphatic heterocycles. The van der Waals surface area contributed by atoms with Crippen LogP contribution in [0.25, 0.3) is 0 Å². The van der Waals surface area contributed by atoms with Gasteiger partial charge in [0.25, 0.3) is 5.91 Å². The molecule has 4 heteroatoms. The first kappa shape index (κ1) is 13.3. The molecule has 0 bridgehead atoms. The summed E-state index contributed by atoms with van der Waals surface area (Å²) in [6.07, 6.45) is 10.4. The van der Waals surface area contributed by atoms with Crippen molar-refractivity contribution >= 4 is 11.6 Å². The van der Waals surface area contributed by atoms with Gasteiger partial charge < -0.3 is 0 Å². The average Bonchev–Trinajstić information content (AvgIpc) is 2.53. The van der Waals surface area contributed by atoms with Gasteiger partial charge in [-0.25, -0.2) is 5.43 Å². The Balaban J connectivity index is 1.58. The first-order valence-electron chi connectivity index (χ1n) is 7.60. The van der Waals surface area contributed by atoms with Crippen LogP contribution < -0.4 is 5.43 Å². The van der Waals surface area contributed by atoms with Gasteiger partial charge in [-0.15, -0.1) is 0 Å². The van der Waals surface area contributed by atoms with Crippen molar-refractivity contribution in [2.75, 3.05) is 0 Å². The van der Waals surface area contributed by atoms with Gasteiger partial charge in [0, 0.05) is 11.9 Å². The van der Waals surface area contributed by atoms with Crippen LogP contribution in [-0.4, -0.2) is 16.6 Å². The SMILES string of the molecule is O=C(N/N=C1/CC[C@@H]2CCCC[C@H]2C1)c1ccccn1. The maximum atomic E-state index is 11.9. The molecule has 2 fully saturated rings. The van der Waals surface area contributed by atoms with Crippen molar-refractivity contribution in [1.82, 2.24) is 10.4 Å². The molecule has 2 saturated carbocycles. The second-order valence-corrected chi connectivity index (χ2v) is 5.88. The molecule has 1 N–H and O–H groups in total. The molecule has 1 aromatic heterocycles. The van der Waals surface area contributed by atoms with E-state index in [1.807, 2.05) is 6.07 Å². The lowest BCUT2D eigenvalue weighted by Gasteiger charge is -2.35. The quantitative estimate of drug-likeness (QED) is 0.840. The normalized spacial score (nSPS) is 27.9. The number of rotatable bonds is 2. The zero-order valence-corrected chi connectivity index (χ0v) is 11.7. The van der Waals surface area contributed by atoms with Gasteiger partial charge in [0.15, 0.2) is 0 Å². The van der Waals surface area contributed by atoms with Gasteiger partial charge in [-0.3, -0.25) is 9.78 Å². The minimum absolute atomic E-state index is 0.219. The summed E-state index contributed by atoms with van der Waals surface area (Å²) >= 11 is 0. The van der Waals surface area contributed by atoms with E-state index in [1.165, 1.54) is 32.1 Å². The third kappa shape index (κ3) is 3.06. The molecule has 3 rings (SSSR count). The van der Waals surface area contributed by atoms with E-state index in [0.717, 1.165) is 30.4 Å². The fourth-order valence-corrected chi connectivity index (χ4v) is 3.48. The summed E-state index contributed by atoms with van der Waals surface area (Å²) in [6, 6.07) is 5.31. The number of aromatic nitrogens is 1. The Bertz CT molecular complexity index is 498. The lowest BCUT2D eigenvalue weighted by atomic mass is 9.70. The average molecular weight is 271 g/mol. The van der Waals surface area contributed by atoms with Crippen molar-refractivity contribution in [1.29, 1.82) is 0 Å². The topological polar surface area (TPSA) is 54.4 Å². The molecule has 1 aromatic rings. The van der Waals surface area contributed by atoms with Crippen molar-refractivity contribution in [2.24, 2.45) is 16.9 Å². The molecule has 2 aliphatic carbocycles. The lowest BCUT2D eigenvalue weighted by molar-refractivity contribution is 0.0949. The summed E-state index contributed by atoms with van der Waals surface area (Å²) < 4.78 is 0. The first-order valence-corrected chi connectivity index (χ1v) is 7.60. The first-order chi connectivity index (χ1) is 9.83. The van der Waals surface area contributed by atoms with E-state index in [0.29, 0.717) is 5.69 Å². The van der Waals surface area contributed by atoms with Crippen molar-refractivity contribution in [3.05, 3.63) is 30.1 Å². The van der Waals surface area contributed by atoms with E-state index < -0.39 is 0 Å². The molecule has 2 aliphatic rings. The summed E-state index contributed by atoms with van der Waals surface area (Å²) in [6.45, 7) is 0. The van der Waals surface area contributed by atoms with Crippen LogP contribution in [0.4, 0.5) is 0 Å². The molecule has 2 atom stereocenters. The van der Waals surface area contributed by atoms with E-state index >= 15 is 0 Å². The van der Waals surface area contributed by atoms with E-state index in [1.54, 1.807) is 18.3 Å². The molecule has 1 heterocycles. The summed E-state index contributed by atoms with van der Waals surface area (Å²) in [4.78, 5) is 15.9. The second-order valence-electron chi connectivity index (χ2n) is 5.88. The number of nitrogens with one attached hydrogen (secondary N) is 1. The van der Waals surface area contributed by atoms with E-state index in [9.17, 15) is 4.79 Å². The minimum Gasteiger partial charge on any atom is -0.266 e. The highest BCUT2D eigenvalue weighted by Crippen LogP contribution is 2.39. The van der Waals surface area contributed by atoms with Crippen LogP contribution in [-0.2, 0) is 0 Å². The van der Waals surface area contributed by atoms with Crippen LogP contribution in [0.2, 0.25) is 0 Å². The summed E-state index contributed by atoms with van der Waals surface area (Å²) in [5.41, 5.74) is 4.22. The zero-order valence-electron chi connectivity index (χ0n) is 11.7. The number of hydrogen-bond acceptors (Lipinski definition) is 3. The number of carbonyl (C=O) groups excluding carboxylic acids is 1. The monoisotopic (exact) mass is 271 g/mol. The zero-order chi connectivity index (χ0) is 13.8. The van der Waals surface area contributed by atoms with Crippen LogP contribution in [0, 0.1) is 11.8 Å². The number of nitrogens with zero attached hydrogens (tertiary/aromatic N) is 2. The number of hydrogen-bond donors (Lipinski definition) is 1. The molecule has 0 unspecified atom stereocenters. The molecule has 0 aromatic carbocycles. The summed E-state index contributed by atoms with van der Waals surface area (Å²) in [5.74, 6) is 1.47. The minimum atomic E-state index is -0.219. The Morgan fingerprint density at radius 1 is 1.20 bits per heavy atom. The predicted molar refractivity (Wildman–Crippen MR) is 78.4 cm³/mol. The molecular formula is C16H21N3O. The van der Waals surface area contributed by atoms with Gasteiger partial charge in [-0.05, 0) is 49.7 Å². The van der Waals surface area contributed by atoms with Crippen LogP contribution in [0.5, 0.6) is 0 Å². The molecule has 20 heavy (non-hydrogen) atoms.